The molecule has 116 valence electrons. The molecule has 2 rings (SSSR count). The van der Waals surface area contributed by atoms with E-state index in [1.807, 2.05) is 24.3 Å². The van der Waals surface area contributed by atoms with Crippen LogP contribution in [0.4, 0.5) is 0 Å². The van der Waals surface area contributed by atoms with Gasteiger partial charge in [0.05, 0.1) is 16.9 Å². The molecule has 0 unspecified atom stereocenters. The molecule has 0 saturated carbocycles. The van der Waals surface area contributed by atoms with Crippen LogP contribution in [-0.2, 0) is 6.42 Å². The number of thiophene rings is 1. The summed E-state index contributed by atoms with van der Waals surface area (Å²) >= 11 is 1.02. The number of hydrogen-bond acceptors (Lipinski definition) is 5. The highest BCUT2D eigenvalue weighted by atomic mass is 32.1. The highest BCUT2D eigenvalue weighted by molar-refractivity contribution is 7.15. The maximum atomic E-state index is 11.9. The molecule has 6 nitrogen and oxygen atoms in total. The van der Waals surface area contributed by atoms with E-state index < -0.39 is 5.91 Å². The van der Waals surface area contributed by atoms with Crippen LogP contribution in [0.5, 0.6) is 5.75 Å². The van der Waals surface area contributed by atoms with Crippen LogP contribution in [0, 0.1) is 0 Å². The number of hydrogen-bond donors (Lipinski definition) is 3. The number of hydroxylamine groups is 1. The summed E-state index contributed by atoms with van der Waals surface area (Å²) in [4.78, 5) is 23.9. The summed E-state index contributed by atoms with van der Waals surface area (Å²) in [5.41, 5.74) is 2.63. The first-order valence-electron chi connectivity index (χ1n) is 6.59. The maximum absolute atomic E-state index is 11.9. The molecule has 22 heavy (non-hydrogen) atoms. The summed E-state index contributed by atoms with van der Waals surface area (Å²) in [5.74, 6) is -0.0705. The molecule has 0 aliphatic carbocycles. The van der Waals surface area contributed by atoms with Gasteiger partial charge in [0.1, 0.15) is 5.75 Å². The highest BCUT2D eigenvalue weighted by Crippen LogP contribution is 2.16. The Hall–Kier alpha value is -2.38. The zero-order chi connectivity index (χ0) is 15.9. The molecule has 0 aliphatic rings. The molecular weight excluding hydrogens is 304 g/mol. The van der Waals surface area contributed by atoms with E-state index in [4.69, 9.17) is 9.94 Å². The third-order valence-corrected chi connectivity index (χ3v) is 4.10. The van der Waals surface area contributed by atoms with E-state index >= 15 is 0 Å². The molecular formula is C15H16N2O4S. The topological polar surface area (TPSA) is 87.7 Å². The first-order valence-corrected chi connectivity index (χ1v) is 7.41. The average Bonchev–Trinajstić information content (AvgIpc) is 3.04. The summed E-state index contributed by atoms with van der Waals surface area (Å²) in [6, 6.07) is 10.7. The number of rotatable bonds is 6. The molecule has 1 heterocycles. The fourth-order valence-corrected chi connectivity index (χ4v) is 2.65. The zero-order valence-electron chi connectivity index (χ0n) is 12.0. The molecule has 3 N–H and O–H groups in total. The van der Waals surface area contributed by atoms with Gasteiger partial charge in [-0.2, -0.15) is 0 Å². The number of ether oxygens (including phenoxy) is 1. The smallest absolute Gasteiger partial charge is 0.284 e. The fourth-order valence-electron chi connectivity index (χ4n) is 1.84. The lowest BCUT2D eigenvalue weighted by molar-refractivity contribution is 0.0711. The van der Waals surface area contributed by atoms with E-state index in [0.717, 1.165) is 22.6 Å². The van der Waals surface area contributed by atoms with Crippen LogP contribution in [-0.4, -0.2) is 30.7 Å². The van der Waals surface area contributed by atoms with Crippen molar-refractivity contribution in [3.8, 4) is 5.75 Å². The number of amides is 2. The van der Waals surface area contributed by atoms with Gasteiger partial charge in [0, 0.05) is 6.54 Å². The van der Waals surface area contributed by atoms with Crippen molar-refractivity contribution >= 4 is 23.2 Å². The Labute approximate surface area is 131 Å². The van der Waals surface area contributed by atoms with Gasteiger partial charge in [-0.3, -0.25) is 14.8 Å². The Kier molecular flexibility index (Phi) is 5.51. The van der Waals surface area contributed by atoms with Crippen molar-refractivity contribution in [1.82, 2.24) is 10.8 Å². The van der Waals surface area contributed by atoms with Crippen molar-refractivity contribution in [3.05, 3.63) is 51.7 Å². The zero-order valence-corrected chi connectivity index (χ0v) is 12.8. The molecule has 0 aliphatic heterocycles. The second-order valence-corrected chi connectivity index (χ2v) is 5.54. The van der Waals surface area contributed by atoms with Gasteiger partial charge in [0.2, 0.25) is 0 Å². The predicted octanol–water partition coefficient (Wildman–Crippen LogP) is 1.85. The van der Waals surface area contributed by atoms with Crippen LogP contribution < -0.4 is 15.5 Å². The molecule has 0 bridgehead atoms. The number of methoxy groups -OCH3 is 1. The summed E-state index contributed by atoms with van der Waals surface area (Å²) in [6.45, 7) is 0.491. The molecule has 0 atom stereocenters. The minimum Gasteiger partial charge on any atom is -0.497 e. The minimum absolute atomic E-state index is 0.240. The molecule has 7 heteroatoms. The maximum Gasteiger partial charge on any atom is 0.284 e. The third kappa shape index (κ3) is 4.06. The molecule has 0 radical (unpaired) electrons. The van der Waals surface area contributed by atoms with E-state index in [1.54, 1.807) is 13.2 Å². The number of carbonyl (C=O) groups excluding carboxylic acids is 2. The van der Waals surface area contributed by atoms with Crippen LogP contribution in [0.15, 0.2) is 36.4 Å². The SMILES string of the molecule is COc1ccc(CCNC(=O)c2ccc(C(=O)NO)s2)cc1. The first-order chi connectivity index (χ1) is 10.6. The van der Waals surface area contributed by atoms with Gasteiger partial charge in [-0.05, 0) is 36.2 Å². The van der Waals surface area contributed by atoms with E-state index in [2.05, 4.69) is 5.32 Å². The lowest BCUT2D eigenvalue weighted by Crippen LogP contribution is -2.24. The van der Waals surface area contributed by atoms with Crippen LogP contribution in [0.2, 0.25) is 0 Å². The third-order valence-electron chi connectivity index (χ3n) is 3.01. The second-order valence-electron chi connectivity index (χ2n) is 4.46. The number of carbonyl (C=O) groups is 2. The van der Waals surface area contributed by atoms with Crippen molar-refractivity contribution in [3.63, 3.8) is 0 Å². The standard InChI is InChI=1S/C15H16N2O4S/c1-21-11-4-2-10(3-5-11)8-9-16-14(18)12-6-7-13(22-12)15(19)17-20/h2-7,20H,8-9H2,1H3,(H,16,18)(H,17,19). The van der Waals surface area contributed by atoms with Gasteiger partial charge >= 0.3 is 0 Å². The van der Waals surface area contributed by atoms with Gasteiger partial charge in [-0.15, -0.1) is 11.3 Å². The van der Waals surface area contributed by atoms with E-state index in [0.29, 0.717) is 17.8 Å². The van der Waals surface area contributed by atoms with Crippen LogP contribution >= 0.6 is 11.3 Å². The van der Waals surface area contributed by atoms with Gasteiger partial charge in [-0.25, -0.2) is 5.48 Å². The van der Waals surface area contributed by atoms with Crippen LogP contribution in [0.1, 0.15) is 24.9 Å². The molecule has 2 aromatic rings. The second kappa shape index (κ2) is 7.58. The molecule has 1 aromatic heterocycles. The first kappa shape index (κ1) is 16.0. The van der Waals surface area contributed by atoms with Gasteiger partial charge in [-0.1, -0.05) is 12.1 Å². The predicted molar refractivity (Wildman–Crippen MR) is 82.6 cm³/mol. The summed E-state index contributed by atoms with van der Waals surface area (Å²) in [7, 11) is 1.61. The average molecular weight is 320 g/mol. The Morgan fingerprint density at radius 3 is 2.32 bits per heavy atom. The van der Waals surface area contributed by atoms with Crippen molar-refractivity contribution < 1.29 is 19.5 Å². The van der Waals surface area contributed by atoms with Crippen molar-refractivity contribution in [2.75, 3.05) is 13.7 Å². The number of nitrogens with one attached hydrogen (secondary N) is 2. The quantitative estimate of drug-likeness (QED) is 0.560. The highest BCUT2D eigenvalue weighted by Gasteiger charge is 2.12. The minimum atomic E-state index is -0.623. The molecule has 0 fully saturated rings. The van der Waals surface area contributed by atoms with Crippen molar-refractivity contribution in [2.45, 2.75) is 6.42 Å². The van der Waals surface area contributed by atoms with Crippen molar-refractivity contribution in [2.24, 2.45) is 0 Å². The van der Waals surface area contributed by atoms with Crippen molar-refractivity contribution in [1.29, 1.82) is 0 Å². The lowest BCUT2D eigenvalue weighted by atomic mass is 10.1. The van der Waals surface area contributed by atoms with E-state index in [9.17, 15) is 9.59 Å². The number of benzene rings is 1. The largest absolute Gasteiger partial charge is 0.497 e. The van der Waals surface area contributed by atoms with Crippen LogP contribution in [0.25, 0.3) is 0 Å². The summed E-state index contributed by atoms with van der Waals surface area (Å²) < 4.78 is 5.08. The normalized spacial score (nSPS) is 10.1. The Bertz CT molecular complexity index is 652. The fraction of sp³-hybridized carbons (Fsp3) is 0.200. The monoisotopic (exact) mass is 320 g/mol. The Balaban J connectivity index is 1.84. The van der Waals surface area contributed by atoms with Gasteiger partial charge < -0.3 is 10.1 Å². The molecule has 2 amide bonds. The molecule has 0 saturated heterocycles. The Morgan fingerprint density at radius 2 is 1.73 bits per heavy atom. The Morgan fingerprint density at radius 1 is 1.09 bits per heavy atom. The van der Waals surface area contributed by atoms with Gasteiger partial charge in [0.15, 0.2) is 0 Å². The van der Waals surface area contributed by atoms with Gasteiger partial charge in [0.25, 0.3) is 11.8 Å². The lowest BCUT2D eigenvalue weighted by Gasteiger charge is -2.05. The summed E-state index contributed by atoms with van der Waals surface area (Å²) in [6.07, 6.45) is 0.699. The van der Waals surface area contributed by atoms with E-state index in [1.165, 1.54) is 11.5 Å². The van der Waals surface area contributed by atoms with Crippen LogP contribution in [0.3, 0.4) is 0 Å². The molecule has 1 aromatic carbocycles. The summed E-state index contributed by atoms with van der Waals surface area (Å²) in [5, 5.41) is 11.3. The molecule has 0 spiro atoms. The van der Waals surface area contributed by atoms with E-state index in [-0.39, 0.29) is 10.8 Å².